The molecule has 2 N–H and O–H groups in total. The summed E-state index contributed by atoms with van der Waals surface area (Å²) in [5.74, 6) is 1.26. The number of hydrogen-bond donors (Lipinski definition) is 2. The highest BCUT2D eigenvalue weighted by Crippen LogP contribution is 2.31. The normalized spacial score (nSPS) is 12.0. The molecule has 8 heteroatoms. The summed E-state index contributed by atoms with van der Waals surface area (Å²) in [6.45, 7) is 2.55. The van der Waals surface area contributed by atoms with E-state index in [0.717, 1.165) is 33.5 Å². The van der Waals surface area contributed by atoms with Crippen LogP contribution in [-0.4, -0.2) is 37.0 Å². The van der Waals surface area contributed by atoms with Crippen LogP contribution in [-0.2, 0) is 0 Å². The summed E-state index contributed by atoms with van der Waals surface area (Å²) in [7, 11) is 0. The lowest BCUT2D eigenvalue weighted by atomic mass is 10.2. The number of para-hydroxylation sites is 4. The smallest absolute Gasteiger partial charge is 0.174 e. The van der Waals surface area contributed by atoms with E-state index in [2.05, 4.69) is 16.0 Å². The third-order valence-corrected chi connectivity index (χ3v) is 6.25. The molecule has 2 heterocycles. The monoisotopic (exact) mass is 467 g/mol. The van der Waals surface area contributed by atoms with Crippen LogP contribution in [0.1, 0.15) is 12.7 Å². The number of thioether (sulfide) groups is 1. The Kier molecular flexibility index (Phi) is 5.93. The summed E-state index contributed by atoms with van der Waals surface area (Å²) in [4.78, 5) is 12.3. The number of nitrogens with zero attached hydrogens (tertiary/aromatic N) is 4. The van der Waals surface area contributed by atoms with Gasteiger partial charge in [-0.1, -0.05) is 36.0 Å². The molecule has 0 saturated carbocycles. The second-order valence-corrected chi connectivity index (χ2v) is 8.41. The van der Waals surface area contributed by atoms with Gasteiger partial charge in [0.05, 0.1) is 34.4 Å². The number of ether oxygens (including phenoxy) is 1. The van der Waals surface area contributed by atoms with E-state index in [1.165, 1.54) is 11.8 Å². The molecule has 0 atom stereocenters. The number of nitriles is 1. The maximum Gasteiger partial charge on any atom is 0.174 e. The van der Waals surface area contributed by atoms with Crippen LogP contribution in [0.4, 0.5) is 0 Å². The molecule has 5 rings (SSSR count). The molecule has 0 saturated heterocycles. The number of benzene rings is 3. The number of fused-ring (bicyclic) bond motifs is 2. The minimum absolute atomic E-state index is 0.0585. The van der Waals surface area contributed by atoms with Crippen LogP contribution < -0.4 is 4.74 Å². The van der Waals surface area contributed by atoms with Crippen molar-refractivity contribution in [2.45, 2.75) is 12.1 Å². The number of hydrogen-bond acceptors (Lipinski definition) is 6. The van der Waals surface area contributed by atoms with Crippen LogP contribution in [0.25, 0.3) is 33.3 Å². The summed E-state index contributed by atoms with van der Waals surface area (Å²) in [5.41, 5.74) is 4.40. The Hall–Kier alpha value is -4.22. The molecular formula is C26H21N5O2S. The fourth-order valence-electron chi connectivity index (χ4n) is 3.74. The molecular weight excluding hydrogens is 446 g/mol. The lowest BCUT2D eigenvalue weighted by Gasteiger charge is -2.10. The first kappa shape index (κ1) is 21.6. The molecule has 2 aromatic heterocycles. The van der Waals surface area contributed by atoms with Gasteiger partial charge in [-0.05, 0) is 55.5 Å². The van der Waals surface area contributed by atoms with Crippen LogP contribution in [0.15, 0.2) is 83.7 Å². The van der Waals surface area contributed by atoms with Crippen molar-refractivity contribution in [2.24, 2.45) is 0 Å². The molecule has 0 aliphatic heterocycles. The van der Waals surface area contributed by atoms with Crippen molar-refractivity contribution < 1.29 is 9.84 Å². The van der Waals surface area contributed by atoms with Gasteiger partial charge < -0.3 is 14.8 Å². The fraction of sp³-hybridized carbons (Fsp3) is 0.115. The summed E-state index contributed by atoms with van der Waals surface area (Å²) in [5, 5.41) is 21.2. The van der Waals surface area contributed by atoms with E-state index in [1.807, 2.05) is 84.3 Å². The van der Waals surface area contributed by atoms with Gasteiger partial charge in [-0.2, -0.15) is 5.26 Å². The van der Waals surface area contributed by atoms with Gasteiger partial charge in [0.2, 0.25) is 0 Å². The van der Waals surface area contributed by atoms with E-state index in [0.29, 0.717) is 17.6 Å². The van der Waals surface area contributed by atoms with Crippen molar-refractivity contribution in [3.63, 3.8) is 0 Å². The molecule has 7 nitrogen and oxygen atoms in total. The van der Waals surface area contributed by atoms with Crippen molar-refractivity contribution in [1.82, 2.24) is 19.5 Å². The SMILES string of the molecule is CCOc1ccc(-n2c(SCC(O)=C(C#N)c3nc4ccccc4[nH]3)nc3ccccc32)cc1. The average molecular weight is 468 g/mol. The van der Waals surface area contributed by atoms with Crippen molar-refractivity contribution in [2.75, 3.05) is 12.4 Å². The van der Waals surface area contributed by atoms with E-state index in [9.17, 15) is 10.4 Å². The first-order chi connectivity index (χ1) is 16.7. The standard InChI is InChI=1S/C26H21N5O2S/c1-2-33-18-13-11-17(12-14-18)31-23-10-6-5-9-22(23)30-26(31)34-16-24(32)19(15-27)25-28-20-7-3-4-8-21(20)29-25/h3-14,32H,2,16H2,1H3,(H,28,29). The summed E-state index contributed by atoms with van der Waals surface area (Å²) in [6.07, 6.45) is 0. The van der Waals surface area contributed by atoms with E-state index in [4.69, 9.17) is 9.72 Å². The highest BCUT2D eigenvalue weighted by molar-refractivity contribution is 7.99. The number of allylic oxidation sites excluding steroid dienone is 1. The molecule has 0 bridgehead atoms. The summed E-state index contributed by atoms with van der Waals surface area (Å²) >= 11 is 1.36. The van der Waals surface area contributed by atoms with Crippen LogP contribution >= 0.6 is 11.8 Å². The van der Waals surface area contributed by atoms with Crippen LogP contribution in [0, 0.1) is 11.3 Å². The maximum absolute atomic E-state index is 10.8. The number of H-pyrrole nitrogens is 1. The number of aliphatic hydroxyl groups excluding tert-OH is 1. The predicted molar refractivity (Wildman–Crippen MR) is 134 cm³/mol. The average Bonchev–Trinajstić information content (AvgIpc) is 3.45. The predicted octanol–water partition coefficient (Wildman–Crippen LogP) is 5.89. The molecule has 0 fully saturated rings. The van der Waals surface area contributed by atoms with E-state index < -0.39 is 0 Å². The zero-order valence-corrected chi connectivity index (χ0v) is 19.2. The molecule has 0 unspecified atom stereocenters. The molecule has 34 heavy (non-hydrogen) atoms. The number of aromatic nitrogens is 4. The molecule has 168 valence electrons. The lowest BCUT2D eigenvalue weighted by Crippen LogP contribution is -2.00. The number of imidazole rings is 2. The molecule has 0 aliphatic carbocycles. The Morgan fingerprint density at radius 3 is 2.50 bits per heavy atom. The number of aromatic amines is 1. The van der Waals surface area contributed by atoms with Gasteiger partial charge in [0.1, 0.15) is 23.2 Å². The second kappa shape index (κ2) is 9.33. The summed E-state index contributed by atoms with van der Waals surface area (Å²) < 4.78 is 7.61. The van der Waals surface area contributed by atoms with Crippen LogP contribution in [0.3, 0.4) is 0 Å². The largest absolute Gasteiger partial charge is 0.510 e. The van der Waals surface area contributed by atoms with Gasteiger partial charge in [0.25, 0.3) is 0 Å². The molecule has 0 spiro atoms. The molecule has 3 aromatic carbocycles. The zero-order chi connectivity index (χ0) is 23.5. The molecule has 0 radical (unpaired) electrons. The minimum Gasteiger partial charge on any atom is -0.510 e. The van der Waals surface area contributed by atoms with Gasteiger partial charge in [0.15, 0.2) is 11.0 Å². The Morgan fingerprint density at radius 2 is 1.76 bits per heavy atom. The quantitative estimate of drug-likeness (QED) is 0.176. The van der Waals surface area contributed by atoms with E-state index in [1.54, 1.807) is 0 Å². The Morgan fingerprint density at radius 1 is 1.03 bits per heavy atom. The summed E-state index contributed by atoms with van der Waals surface area (Å²) in [6, 6.07) is 25.3. The van der Waals surface area contributed by atoms with E-state index in [-0.39, 0.29) is 17.1 Å². The first-order valence-corrected chi connectivity index (χ1v) is 11.8. The number of aliphatic hydroxyl groups is 1. The van der Waals surface area contributed by atoms with Gasteiger partial charge in [-0.15, -0.1) is 0 Å². The van der Waals surface area contributed by atoms with Crippen molar-refractivity contribution in [1.29, 1.82) is 5.26 Å². The van der Waals surface area contributed by atoms with Crippen LogP contribution in [0.5, 0.6) is 5.75 Å². The molecule has 0 aliphatic rings. The Labute approximate surface area is 200 Å². The highest BCUT2D eigenvalue weighted by Gasteiger charge is 2.17. The van der Waals surface area contributed by atoms with E-state index >= 15 is 0 Å². The molecule has 0 amide bonds. The van der Waals surface area contributed by atoms with Gasteiger partial charge in [-0.25, -0.2) is 9.97 Å². The maximum atomic E-state index is 10.8. The minimum atomic E-state index is -0.0585. The molecule has 5 aromatic rings. The van der Waals surface area contributed by atoms with Gasteiger partial charge in [-0.3, -0.25) is 4.57 Å². The van der Waals surface area contributed by atoms with Crippen LogP contribution in [0.2, 0.25) is 0 Å². The number of rotatable bonds is 7. The van der Waals surface area contributed by atoms with Gasteiger partial charge >= 0.3 is 0 Å². The van der Waals surface area contributed by atoms with Crippen molar-refractivity contribution >= 4 is 39.4 Å². The zero-order valence-electron chi connectivity index (χ0n) is 18.4. The van der Waals surface area contributed by atoms with Crippen molar-refractivity contribution in [3.05, 3.63) is 84.4 Å². The Balaban J connectivity index is 1.48. The highest BCUT2D eigenvalue weighted by atomic mass is 32.2. The Bertz CT molecular complexity index is 1510. The third-order valence-electron chi connectivity index (χ3n) is 5.30. The topological polar surface area (TPSA) is 99.7 Å². The first-order valence-electron chi connectivity index (χ1n) is 10.8. The number of nitrogens with one attached hydrogen (secondary N) is 1. The fourth-order valence-corrected chi connectivity index (χ4v) is 4.64. The lowest BCUT2D eigenvalue weighted by molar-refractivity contribution is 0.340. The van der Waals surface area contributed by atoms with Crippen molar-refractivity contribution in [3.8, 4) is 17.5 Å². The van der Waals surface area contributed by atoms with Gasteiger partial charge in [0, 0.05) is 5.69 Å². The second-order valence-electron chi connectivity index (χ2n) is 7.47. The third kappa shape index (κ3) is 4.09.